The molecule has 2 unspecified atom stereocenters. The van der Waals surface area contributed by atoms with Crippen LogP contribution in [-0.4, -0.2) is 15.6 Å². The summed E-state index contributed by atoms with van der Waals surface area (Å²) in [5.74, 6) is 1.04. The van der Waals surface area contributed by atoms with Crippen LogP contribution < -0.4 is 5.32 Å². The minimum atomic E-state index is 0.551. The Morgan fingerprint density at radius 1 is 1.62 bits per heavy atom. The number of rotatable bonds is 1. The molecule has 0 bridgehead atoms. The molecule has 2 atom stereocenters. The summed E-state index contributed by atoms with van der Waals surface area (Å²) in [6.45, 7) is 6.65. The van der Waals surface area contributed by atoms with Crippen molar-refractivity contribution in [1.82, 2.24) is 9.55 Å². The number of hydrogen-bond donors (Lipinski definition) is 1. The van der Waals surface area contributed by atoms with Gasteiger partial charge in [-0.2, -0.15) is 0 Å². The van der Waals surface area contributed by atoms with Crippen LogP contribution in [0.2, 0.25) is 0 Å². The Labute approximate surface area is 79.2 Å². The van der Waals surface area contributed by atoms with Crippen molar-refractivity contribution in [2.75, 3.05) is 5.32 Å². The van der Waals surface area contributed by atoms with Gasteiger partial charge in [-0.1, -0.05) is 6.92 Å². The van der Waals surface area contributed by atoms with Gasteiger partial charge in [-0.25, -0.2) is 4.98 Å². The highest BCUT2D eigenvalue weighted by Crippen LogP contribution is 2.27. The van der Waals surface area contributed by atoms with Gasteiger partial charge in [0.15, 0.2) is 0 Å². The molecule has 1 N–H and O–H groups in total. The molecule has 3 heteroatoms. The molecule has 0 saturated carbocycles. The fourth-order valence-electron chi connectivity index (χ4n) is 2.15. The molecule has 0 radical (unpaired) electrons. The van der Waals surface area contributed by atoms with Crippen LogP contribution in [0.25, 0.3) is 0 Å². The lowest BCUT2D eigenvalue weighted by Crippen LogP contribution is -2.29. The molecule has 0 aromatic carbocycles. The molecule has 0 aliphatic carbocycles. The van der Waals surface area contributed by atoms with E-state index in [0.717, 1.165) is 12.4 Å². The summed E-state index contributed by atoms with van der Waals surface area (Å²) < 4.78 is 2.32. The number of nitrogens with zero attached hydrogens (tertiary/aromatic N) is 2. The molecule has 1 aliphatic rings. The van der Waals surface area contributed by atoms with E-state index in [1.54, 1.807) is 0 Å². The molecule has 1 aromatic heterocycles. The smallest absolute Gasteiger partial charge is 0.203 e. The summed E-state index contributed by atoms with van der Waals surface area (Å²) in [7, 11) is 0. The van der Waals surface area contributed by atoms with Crippen molar-refractivity contribution in [1.29, 1.82) is 0 Å². The van der Waals surface area contributed by atoms with E-state index < -0.39 is 0 Å². The lowest BCUT2D eigenvalue weighted by Gasteiger charge is -2.29. The molecular formula is C10H17N3. The minimum Gasteiger partial charge on any atom is -0.353 e. The molecule has 72 valence electrons. The second-order valence-corrected chi connectivity index (χ2v) is 3.93. The molecule has 13 heavy (non-hydrogen) atoms. The van der Waals surface area contributed by atoms with Crippen molar-refractivity contribution in [3.63, 3.8) is 0 Å². The van der Waals surface area contributed by atoms with E-state index in [-0.39, 0.29) is 0 Å². The number of aromatic nitrogens is 2. The fourth-order valence-corrected chi connectivity index (χ4v) is 2.15. The van der Waals surface area contributed by atoms with Gasteiger partial charge in [0.2, 0.25) is 5.95 Å². The van der Waals surface area contributed by atoms with E-state index >= 15 is 0 Å². The number of anilines is 1. The summed E-state index contributed by atoms with van der Waals surface area (Å²) in [4.78, 5) is 4.38. The van der Waals surface area contributed by atoms with E-state index in [0.29, 0.717) is 12.1 Å². The van der Waals surface area contributed by atoms with E-state index in [4.69, 9.17) is 0 Å². The predicted octanol–water partition coefficient (Wildman–Crippen LogP) is 2.21. The maximum atomic E-state index is 4.38. The van der Waals surface area contributed by atoms with Gasteiger partial charge in [0.25, 0.3) is 0 Å². The Kier molecular flexibility index (Phi) is 2.02. The van der Waals surface area contributed by atoms with Crippen molar-refractivity contribution in [2.45, 2.75) is 45.7 Å². The number of imidazole rings is 1. The van der Waals surface area contributed by atoms with E-state index in [9.17, 15) is 0 Å². The van der Waals surface area contributed by atoms with Crippen molar-refractivity contribution in [3.05, 3.63) is 11.9 Å². The highest BCUT2D eigenvalue weighted by atomic mass is 15.3. The first-order valence-electron chi connectivity index (χ1n) is 5.05. The first kappa shape index (κ1) is 8.60. The average molecular weight is 179 g/mol. The van der Waals surface area contributed by atoms with Crippen LogP contribution in [0.5, 0.6) is 0 Å². The van der Waals surface area contributed by atoms with Crippen LogP contribution in [0.4, 0.5) is 5.95 Å². The predicted molar refractivity (Wildman–Crippen MR) is 54.0 cm³/mol. The van der Waals surface area contributed by atoms with Crippen molar-refractivity contribution in [3.8, 4) is 0 Å². The van der Waals surface area contributed by atoms with E-state index in [1.165, 1.54) is 12.1 Å². The maximum absolute atomic E-state index is 4.38. The topological polar surface area (TPSA) is 29.9 Å². The summed E-state index contributed by atoms with van der Waals surface area (Å²) in [5.41, 5.74) is 1.34. The Balaban J connectivity index is 2.40. The van der Waals surface area contributed by atoms with E-state index in [1.807, 2.05) is 6.20 Å². The molecule has 2 rings (SSSR count). The molecule has 0 spiro atoms. The molecule has 0 saturated heterocycles. The number of nitrogens with one attached hydrogen (secondary N) is 1. The first-order chi connectivity index (χ1) is 6.22. The van der Waals surface area contributed by atoms with Crippen molar-refractivity contribution >= 4 is 5.95 Å². The highest BCUT2D eigenvalue weighted by molar-refractivity contribution is 5.34. The molecule has 1 aliphatic heterocycles. The SMILES string of the molecule is CCc1cnc2n1C(C)CC(C)N2. The Bertz CT molecular complexity index is 303. The fraction of sp³-hybridized carbons (Fsp3) is 0.700. The van der Waals surface area contributed by atoms with Crippen molar-refractivity contribution in [2.24, 2.45) is 0 Å². The van der Waals surface area contributed by atoms with Crippen LogP contribution in [0, 0.1) is 0 Å². The lowest BCUT2D eigenvalue weighted by atomic mass is 10.1. The molecule has 2 heterocycles. The summed E-state index contributed by atoms with van der Waals surface area (Å²) >= 11 is 0. The largest absolute Gasteiger partial charge is 0.353 e. The number of aryl methyl sites for hydroxylation is 1. The maximum Gasteiger partial charge on any atom is 0.203 e. The normalized spacial score (nSPS) is 26.7. The molecule has 3 nitrogen and oxygen atoms in total. The summed E-state index contributed by atoms with van der Waals surface area (Å²) in [6, 6.07) is 1.14. The third-order valence-electron chi connectivity index (χ3n) is 2.75. The highest BCUT2D eigenvalue weighted by Gasteiger charge is 2.22. The van der Waals surface area contributed by atoms with Gasteiger partial charge in [-0.05, 0) is 26.7 Å². The monoisotopic (exact) mass is 179 g/mol. The van der Waals surface area contributed by atoms with Crippen LogP contribution in [-0.2, 0) is 6.42 Å². The van der Waals surface area contributed by atoms with E-state index in [2.05, 4.69) is 35.6 Å². The average Bonchev–Trinajstić information content (AvgIpc) is 2.47. The zero-order valence-corrected chi connectivity index (χ0v) is 8.54. The minimum absolute atomic E-state index is 0.551. The zero-order chi connectivity index (χ0) is 9.42. The number of fused-ring (bicyclic) bond motifs is 1. The Morgan fingerprint density at radius 3 is 3.08 bits per heavy atom. The molecular weight excluding hydrogens is 162 g/mol. The van der Waals surface area contributed by atoms with Crippen molar-refractivity contribution < 1.29 is 0 Å². The first-order valence-corrected chi connectivity index (χ1v) is 5.05. The van der Waals surface area contributed by atoms with Gasteiger partial charge < -0.3 is 9.88 Å². The molecule has 0 amide bonds. The van der Waals surface area contributed by atoms with Gasteiger partial charge in [0.1, 0.15) is 0 Å². The van der Waals surface area contributed by atoms with Gasteiger partial charge in [0, 0.05) is 17.8 Å². The lowest BCUT2D eigenvalue weighted by molar-refractivity contribution is 0.439. The zero-order valence-electron chi connectivity index (χ0n) is 8.54. The van der Waals surface area contributed by atoms with Gasteiger partial charge in [0.05, 0.1) is 6.20 Å². The Morgan fingerprint density at radius 2 is 2.38 bits per heavy atom. The van der Waals surface area contributed by atoms with Crippen LogP contribution >= 0.6 is 0 Å². The quantitative estimate of drug-likeness (QED) is 0.716. The number of hydrogen-bond acceptors (Lipinski definition) is 2. The third-order valence-corrected chi connectivity index (χ3v) is 2.75. The molecule has 1 aromatic rings. The van der Waals surface area contributed by atoms with Gasteiger partial charge >= 0.3 is 0 Å². The standard InChI is InChI=1S/C10H17N3/c1-4-9-6-11-10-12-7(2)5-8(3)13(9)10/h6-8H,4-5H2,1-3H3,(H,11,12). The second-order valence-electron chi connectivity index (χ2n) is 3.93. The van der Waals surface area contributed by atoms with Crippen LogP contribution in [0.1, 0.15) is 38.9 Å². The second kappa shape index (κ2) is 3.05. The van der Waals surface area contributed by atoms with Gasteiger partial charge in [-0.3, -0.25) is 0 Å². The molecule has 0 fully saturated rings. The summed E-state index contributed by atoms with van der Waals surface area (Å²) in [5, 5.41) is 3.40. The summed E-state index contributed by atoms with van der Waals surface area (Å²) in [6.07, 6.45) is 4.24. The third kappa shape index (κ3) is 1.32. The van der Waals surface area contributed by atoms with Crippen LogP contribution in [0.15, 0.2) is 6.20 Å². The van der Waals surface area contributed by atoms with Crippen LogP contribution in [0.3, 0.4) is 0 Å². The van der Waals surface area contributed by atoms with Gasteiger partial charge in [-0.15, -0.1) is 0 Å². The Hall–Kier alpha value is -0.990.